The van der Waals surface area contributed by atoms with E-state index in [0.29, 0.717) is 6.04 Å². The van der Waals surface area contributed by atoms with E-state index in [1.165, 1.54) is 11.4 Å². The molecule has 20 heavy (non-hydrogen) atoms. The number of rotatable bonds is 3. The van der Waals surface area contributed by atoms with Gasteiger partial charge in [-0.15, -0.1) is 0 Å². The Morgan fingerprint density at radius 2 is 1.75 bits per heavy atom. The average molecular weight is 332 g/mol. The van der Waals surface area contributed by atoms with Crippen LogP contribution in [0.5, 0.6) is 0 Å². The highest BCUT2D eigenvalue weighted by molar-refractivity contribution is 9.10. The summed E-state index contributed by atoms with van der Waals surface area (Å²) in [4.78, 5) is 6.51. The third kappa shape index (κ3) is 3.12. The van der Waals surface area contributed by atoms with Gasteiger partial charge in [0.2, 0.25) is 0 Å². The Morgan fingerprint density at radius 3 is 2.45 bits per heavy atom. The van der Waals surface area contributed by atoms with E-state index in [1.807, 2.05) is 18.5 Å². The molecule has 0 spiro atoms. The van der Waals surface area contributed by atoms with Crippen LogP contribution in [0.15, 0.2) is 53.3 Å². The minimum atomic E-state index is 0.548. The lowest BCUT2D eigenvalue weighted by Gasteiger charge is -2.34. The minimum absolute atomic E-state index is 0.548. The van der Waals surface area contributed by atoms with E-state index in [2.05, 4.69) is 61.5 Å². The van der Waals surface area contributed by atoms with E-state index in [0.717, 1.165) is 30.4 Å². The minimum Gasteiger partial charge on any atom is -0.381 e. The van der Waals surface area contributed by atoms with Crippen molar-refractivity contribution in [3.05, 3.63) is 53.3 Å². The third-order valence-electron chi connectivity index (χ3n) is 3.76. The van der Waals surface area contributed by atoms with Crippen molar-refractivity contribution < 1.29 is 0 Å². The van der Waals surface area contributed by atoms with E-state index in [9.17, 15) is 0 Å². The van der Waals surface area contributed by atoms with Gasteiger partial charge in [0, 0.05) is 47.4 Å². The Balaban J connectivity index is 1.58. The predicted octanol–water partition coefficient (Wildman–Crippen LogP) is 3.93. The summed E-state index contributed by atoms with van der Waals surface area (Å²) in [6, 6.07) is 13.0. The second kappa shape index (κ2) is 6.27. The summed E-state index contributed by atoms with van der Waals surface area (Å²) < 4.78 is 1.14. The molecule has 1 aliphatic rings. The number of halogens is 1. The molecule has 1 aliphatic heterocycles. The summed E-state index contributed by atoms with van der Waals surface area (Å²) in [7, 11) is 0. The Morgan fingerprint density at radius 1 is 1.05 bits per heavy atom. The number of aromatic nitrogens is 1. The quantitative estimate of drug-likeness (QED) is 0.923. The van der Waals surface area contributed by atoms with E-state index in [1.54, 1.807) is 0 Å². The molecule has 0 unspecified atom stereocenters. The first-order valence-electron chi connectivity index (χ1n) is 6.99. The second-order valence-electron chi connectivity index (χ2n) is 5.09. The van der Waals surface area contributed by atoms with Crippen LogP contribution in [0.4, 0.5) is 11.4 Å². The number of benzene rings is 1. The van der Waals surface area contributed by atoms with Crippen LogP contribution in [0.25, 0.3) is 0 Å². The summed E-state index contributed by atoms with van der Waals surface area (Å²) >= 11 is 3.59. The first-order valence-corrected chi connectivity index (χ1v) is 7.78. The van der Waals surface area contributed by atoms with Gasteiger partial charge in [-0.1, -0.05) is 12.1 Å². The van der Waals surface area contributed by atoms with Crippen molar-refractivity contribution in [2.75, 3.05) is 23.3 Å². The lowest BCUT2D eigenvalue weighted by atomic mass is 10.0. The molecule has 3 nitrogen and oxygen atoms in total. The molecule has 104 valence electrons. The molecule has 1 aromatic carbocycles. The largest absolute Gasteiger partial charge is 0.381 e. The van der Waals surface area contributed by atoms with Gasteiger partial charge in [-0.05, 0) is 53.0 Å². The molecule has 0 atom stereocenters. The van der Waals surface area contributed by atoms with Gasteiger partial charge in [-0.25, -0.2) is 0 Å². The normalized spacial score (nSPS) is 16.1. The van der Waals surface area contributed by atoms with Crippen molar-refractivity contribution >= 4 is 27.3 Å². The maximum atomic E-state index is 4.08. The zero-order valence-electron chi connectivity index (χ0n) is 11.3. The molecule has 4 heteroatoms. The smallest absolute Gasteiger partial charge is 0.0486 e. The highest BCUT2D eigenvalue weighted by Gasteiger charge is 2.19. The fraction of sp³-hybridized carbons (Fsp3) is 0.312. The van der Waals surface area contributed by atoms with Crippen LogP contribution in [-0.4, -0.2) is 24.1 Å². The molecular weight excluding hydrogens is 314 g/mol. The Labute approximate surface area is 128 Å². The maximum absolute atomic E-state index is 4.08. The number of piperidine rings is 1. The summed E-state index contributed by atoms with van der Waals surface area (Å²) in [6.07, 6.45) is 6.04. The number of nitrogens with one attached hydrogen (secondary N) is 1. The van der Waals surface area contributed by atoms with Crippen LogP contribution >= 0.6 is 15.9 Å². The molecule has 2 heterocycles. The van der Waals surface area contributed by atoms with Gasteiger partial charge < -0.3 is 10.2 Å². The summed E-state index contributed by atoms with van der Waals surface area (Å²) in [5.74, 6) is 0. The predicted molar refractivity (Wildman–Crippen MR) is 87.2 cm³/mol. The number of pyridine rings is 1. The zero-order chi connectivity index (χ0) is 13.8. The molecule has 3 rings (SSSR count). The van der Waals surface area contributed by atoms with Crippen LogP contribution in [0.2, 0.25) is 0 Å². The lowest BCUT2D eigenvalue weighted by molar-refractivity contribution is 0.526. The fourth-order valence-electron chi connectivity index (χ4n) is 2.64. The van der Waals surface area contributed by atoms with E-state index in [4.69, 9.17) is 0 Å². The molecule has 2 aromatic rings. The van der Waals surface area contributed by atoms with Crippen molar-refractivity contribution in [1.82, 2.24) is 4.98 Å². The van der Waals surface area contributed by atoms with Crippen LogP contribution in [0.3, 0.4) is 0 Å². The van der Waals surface area contributed by atoms with Gasteiger partial charge in [-0.2, -0.15) is 0 Å². The van der Waals surface area contributed by atoms with Crippen molar-refractivity contribution in [3.63, 3.8) is 0 Å². The van der Waals surface area contributed by atoms with Gasteiger partial charge >= 0.3 is 0 Å². The number of anilines is 2. The maximum Gasteiger partial charge on any atom is 0.0486 e. The van der Waals surface area contributed by atoms with E-state index in [-0.39, 0.29) is 0 Å². The lowest BCUT2D eigenvalue weighted by Crippen LogP contribution is -2.39. The van der Waals surface area contributed by atoms with Crippen LogP contribution in [0.1, 0.15) is 12.8 Å². The van der Waals surface area contributed by atoms with Crippen LogP contribution in [-0.2, 0) is 0 Å². The summed E-state index contributed by atoms with van der Waals surface area (Å²) in [5, 5.41) is 3.64. The van der Waals surface area contributed by atoms with Gasteiger partial charge in [0.05, 0.1) is 0 Å². The molecule has 1 aromatic heterocycles. The second-order valence-corrected chi connectivity index (χ2v) is 5.95. The number of hydrogen-bond acceptors (Lipinski definition) is 3. The third-order valence-corrected chi connectivity index (χ3v) is 4.45. The van der Waals surface area contributed by atoms with Crippen molar-refractivity contribution in [2.45, 2.75) is 18.9 Å². The van der Waals surface area contributed by atoms with Crippen molar-refractivity contribution in [3.8, 4) is 0 Å². The first kappa shape index (κ1) is 13.4. The number of para-hydroxylation sites is 1. The number of nitrogens with zero attached hydrogens (tertiary/aromatic N) is 2. The topological polar surface area (TPSA) is 28.2 Å². The molecule has 0 bridgehead atoms. The van der Waals surface area contributed by atoms with Gasteiger partial charge in [0.1, 0.15) is 0 Å². The van der Waals surface area contributed by atoms with Gasteiger partial charge in [0.25, 0.3) is 0 Å². The fourth-order valence-corrected chi connectivity index (χ4v) is 3.03. The Bertz CT molecular complexity index is 551. The SMILES string of the molecule is Brc1ccccc1NC1CCN(c2ccncc2)CC1. The van der Waals surface area contributed by atoms with Crippen molar-refractivity contribution in [2.24, 2.45) is 0 Å². The highest BCUT2D eigenvalue weighted by atomic mass is 79.9. The van der Waals surface area contributed by atoms with Gasteiger partial charge in [0.15, 0.2) is 0 Å². The Kier molecular flexibility index (Phi) is 4.21. The van der Waals surface area contributed by atoms with E-state index >= 15 is 0 Å². The molecule has 1 N–H and O–H groups in total. The van der Waals surface area contributed by atoms with Crippen LogP contribution < -0.4 is 10.2 Å². The molecule has 1 fully saturated rings. The Hall–Kier alpha value is -1.55. The summed E-state index contributed by atoms with van der Waals surface area (Å²) in [5.41, 5.74) is 2.47. The van der Waals surface area contributed by atoms with Gasteiger partial charge in [-0.3, -0.25) is 4.98 Å². The molecule has 0 amide bonds. The standard InChI is InChI=1S/C16H18BrN3/c17-15-3-1-2-4-16(15)19-13-7-11-20(12-8-13)14-5-9-18-10-6-14/h1-6,9-10,13,19H,7-8,11-12H2. The summed E-state index contributed by atoms with van der Waals surface area (Å²) in [6.45, 7) is 2.18. The van der Waals surface area contributed by atoms with Crippen molar-refractivity contribution in [1.29, 1.82) is 0 Å². The monoisotopic (exact) mass is 331 g/mol. The average Bonchev–Trinajstić information content (AvgIpc) is 2.51. The molecule has 0 radical (unpaired) electrons. The zero-order valence-corrected chi connectivity index (χ0v) is 12.9. The molecule has 0 saturated carbocycles. The number of hydrogen-bond donors (Lipinski definition) is 1. The highest BCUT2D eigenvalue weighted by Crippen LogP contribution is 2.25. The molecular formula is C16H18BrN3. The first-order chi connectivity index (χ1) is 9.83. The van der Waals surface area contributed by atoms with Crippen LogP contribution in [0, 0.1) is 0 Å². The molecule has 0 aliphatic carbocycles. The van der Waals surface area contributed by atoms with E-state index < -0.39 is 0 Å². The molecule has 1 saturated heterocycles.